The van der Waals surface area contributed by atoms with Crippen LogP contribution >= 0.6 is 0 Å². The predicted octanol–water partition coefficient (Wildman–Crippen LogP) is 3.31. The maximum Gasteiger partial charge on any atom is 0.0520 e. The molecule has 2 aliphatic carbocycles. The first-order valence-corrected chi connectivity index (χ1v) is 4.93. The van der Waals surface area contributed by atoms with Crippen molar-refractivity contribution in [1.29, 1.82) is 0 Å². The fourth-order valence-electron chi connectivity index (χ4n) is 3.01. The van der Waals surface area contributed by atoms with Gasteiger partial charge in [0.1, 0.15) is 0 Å². The molecule has 14 heavy (non-hydrogen) atoms. The summed E-state index contributed by atoms with van der Waals surface area (Å²) in [5.41, 5.74) is 16.7. The van der Waals surface area contributed by atoms with Crippen molar-refractivity contribution in [3.63, 3.8) is 0 Å². The highest BCUT2D eigenvalue weighted by Crippen LogP contribution is 2.51. The van der Waals surface area contributed by atoms with Crippen LogP contribution in [0.5, 0.6) is 0 Å². The lowest BCUT2D eigenvalue weighted by atomic mass is 9.90. The molecule has 2 fully saturated rings. The molecule has 0 aromatic rings. The predicted molar refractivity (Wildman–Crippen MR) is 51.4 cm³/mol. The van der Waals surface area contributed by atoms with Crippen LogP contribution in [-0.2, 0) is 0 Å². The normalized spacial score (nSPS) is 39.7. The summed E-state index contributed by atoms with van der Waals surface area (Å²) in [6.07, 6.45) is 4.82. The van der Waals surface area contributed by atoms with Crippen LogP contribution in [0.15, 0.2) is 10.2 Å². The Labute approximate surface area is 81.5 Å². The van der Waals surface area contributed by atoms with Gasteiger partial charge in [-0.3, -0.25) is 0 Å². The smallest absolute Gasteiger partial charge is 0.0520 e. The third kappa shape index (κ3) is 1.20. The highest BCUT2D eigenvalue weighted by atomic mass is 15.2. The van der Waals surface area contributed by atoms with Gasteiger partial charge in [0.15, 0.2) is 0 Å². The Balaban J connectivity index is 2.27. The molecule has 3 atom stereocenters. The maximum atomic E-state index is 8.54. The van der Waals surface area contributed by atoms with E-state index in [0.29, 0.717) is 0 Å². The number of nitrogens with zero attached hydrogens (tertiary/aromatic N) is 6. The largest absolute Gasteiger partial charge is 0.0903 e. The minimum absolute atomic E-state index is 0.0491. The molecular weight excluding hydrogens is 180 g/mol. The van der Waals surface area contributed by atoms with Crippen LogP contribution in [0.4, 0.5) is 0 Å². The van der Waals surface area contributed by atoms with E-state index in [1.807, 2.05) is 0 Å². The standard InChI is InChI=1S/C8H12N6/c9-13-11-7-3-5-8(12-14-10)4-1-2-6(7)8/h6-7H,1-5H2. The zero-order chi connectivity index (χ0) is 10.0. The summed E-state index contributed by atoms with van der Waals surface area (Å²) in [6, 6.07) is 0.0491. The Kier molecular flexibility index (Phi) is 2.23. The quantitative estimate of drug-likeness (QED) is 0.364. The van der Waals surface area contributed by atoms with E-state index in [-0.39, 0.29) is 17.5 Å². The van der Waals surface area contributed by atoms with E-state index in [9.17, 15) is 0 Å². The van der Waals surface area contributed by atoms with Crippen molar-refractivity contribution in [2.75, 3.05) is 0 Å². The number of fused-ring (bicyclic) bond motifs is 1. The van der Waals surface area contributed by atoms with Crippen molar-refractivity contribution < 1.29 is 0 Å². The van der Waals surface area contributed by atoms with Crippen LogP contribution < -0.4 is 0 Å². The van der Waals surface area contributed by atoms with Gasteiger partial charge < -0.3 is 0 Å². The van der Waals surface area contributed by atoms with Crippen molar-refractivity contribution in [3.05, 3.63) is 20.9 Å². The average molecular weight is 192 g/mol. The van der Waals surface area contributed by atoms with Crippen molar-refractivity contribution in [3.8, 4) is 0 Å². The molecule has 3 unspecified atom stereocenters. The summed E-state index contributed by atoms with van der Waals surface area (Å²) >= 11 is 0. The molecule has 6 nitrogen and oxygen atoms in total. The van der Waals surface area contributed by atoms with Crippen LogP contribution in [0.1, 0.15) is 32.1 Å². The first-order valence-electron chi connectivity index (χ1n) is 4.93. The van der Waals surface area contributed by atoms with E-state index in [2.05, 4.69) is 20.1 Å². The summed E-state index contributed by atoms with van der Waals surface area (Å²) in [5.74, 6) is 0.286. The zero-order valence-electron chi connectivity index (χ0n) is 7.87. The van der Waals surface area contributed by atoms with Crippen molar-refractivity contribution >= 4 is 0 Å². The van der Waals surface area contributed by atoms with E-state index in [4.69, 9.17) is 11.1 Å². The minimum atomic E-state index is -0.229. The molecule has 2 rings (SSSR count). The molecular formula is C8H12N6. The summed E-state index contributed by atoms with van der Waals surface area (Å²) in [7, 11) is 0. The molecule has 0 spiro atoms. The molecule has 74 valence electrons. The van der Waals surface area contributed by atoms with Gasteiger partial charge in [0.2, 0.25) is 0 Å². The Morgan fingerprint density at radius 1 is 1.14 bits per heavy atom. The Morgan fingerprint density at radius 2 is 2.00 bits per heavy atom. The molecule has 0 aliphatic heterocycles. The molecule has 2 saturated carbocycles. The van der Waals surface area contributed by atoms with Gasteiger partial charge in [-0.1, -0.05) is 16.6 Å². The first-order chi connectivity index (χ1) is 6.82. The van der Waals surface area contributed by atoms with Gasteiger partial charge in [0.05, 0.1) is 5.54 Å². The molecule has 0 aromatic heterocycles. The fourth-order valence-corrected chi connectivity index (χ4v) is 3.01. The van der Waals surface area contributed by atoms with Crippen molar-refractivity contribution in [2.24, 2.45) is 16.1 Å². The lowest BCUT2D eigenvalue weighted by molar-refractivity contribution is 0.351. The second-order valence-electron chi connectivity index (χ2n) is 4.10. The molecule has 2 aliphatic rings. The minimum Gasteiger partial charge on any atom is -0.0903 e. The first kappa shape index (κ1) is 9.19. The molecule has 0 heterocycles. The number of azide groups is 2. The molecule has 0 aromatic carbocycles. The number of hydrogen-bond donors (Lipinski definition) is 0. The monoisotopic (exact) mass is 192 g/mol. The molecule has 0 saturated heterocycles. The maximum absolute atomic E-state index is 8.54. The van der Waals surface area contributed by atoms with Gasteiger partial charge in [-0.05, 0) is 42.7 Å². The van der Waals surface area contributed by atoms with Gasteiger partial charge >= 0.3 is 0 Å². The van der Waals surface area contributed by atoms with E-state index in [1.165, 1.54) is 0 Å². The van der Waals surface area contributed by atoms with Crippen LogP contribution in [0.25, 0.3) is 20.9 Å². The van der Waals surface area contributed by atoms with E-state index >= 15 is 0 Å². The van der Waals surface area contributed by atoms with Crippen molar-refractivity contribution in [1.82, 2.24) is 0 Å². The second-order valence-corrected chi connectivity index (χ2v) is 4.10. The SMILES string of the molecule is [N-]=[N+]=NC1CCC2(N=[N+]=[N-])CCCC12. The lowest BCUT2D eigenvalue weighted by Gasteiger charge is -2.23. The lowest BCUT2D eigenvalue weighted by Crippen LogP contribution is -2.28. The van der Waals surface area contributed by atoms with Crippen molar-refractivity contribution in [2.45, 2.75) is 43.7 Å². The van der Waals surface area contributed by atoms with E-state index in [0.717, 1.165) is 32.1 Å². The Morgan fingerprint density at radius 3 is 2.71 bits per heavy atom. The molecule has 0 bridgehead atoms. The molecule has 0 radical (unpaired) electrons. The summed E-state index contributed by atoms with van der Waals surface area (Å²) in [6.45, 7) is 0. The number of hydrogen-bond acceptors (Lipinski definition) is 2. The molecule has 0 N–H and O–H groups in total. The second kappa shape index (κ2) is 3.40. The van der Waals surface area contributed by atoms with Crippen LogP contribution in [0.2, 0.25) is 0 Å². The van der Waals surface area contributed by atoms with Crippen LogP contribution in [0.3, 0.4) is 0 Å². The van der Waals surface area contributed by atoms with Gasteiger partial charge in [-0.15, -0.1) is 0 Å². The van der Waals surface area contributed by atoms with Gasteiger partial charge in [-0.25, -0.2) is 0 Å². The Hall–Kier alpha value is -1.38. The van der Waals surface area contributed by atoms with E-state index < -0.39 is 0 Å². The highest BCUT2D eigenvalue weighted by molar-refractivity contribution is 5.09. The average Bonchev–Trinajstić information content (AvgIpc) is 2.68. The van der Waals surface area contributed by atoms with Crippen LogP contribution in [-0.4, -0.2) is 11.6 Å². The third-order valence-electron chi connectivity index (χ3n) is 3.60. The van der Waals surface area contributed by atoms with E-state index in [1.54, 1.807) is 0 Å². The summed E-state index contributed by atoms with van der Waals surface area (Å²) < 4.78 is 0. The zero-order valence-corrected chi connectivity index (χ0v) is 7.87. The summed E-state index contributed by atoms with van der Waals surface area (Å²) in [4.78, 5) is 5.80. The topological polar surface area (TPSA) is 97.5 Å². The van der Waals surface area contributed by atoms with Crippen LogP contribution in [0, 0.1) is 5.92 Å². The fraction of sp³-hybridized carbons (Fsp3) is 1.00. The number of rotatable bonds is 2. The molecule has 0 amide bonds. The molecule has 6 heteroatoms. The van der Waals surface area contributed by atoms with Gasteiger partial charge in [0.25, 0.3) is 0 Å². The highest BCUT2D eigenvalue weighted by Gasteiger charge is 2.50. The van der Waals surface area contributed by atoms with Gasteiger partial charge in [0, 0.05) is 15.9 Å². The summed E-state index contributed by atoms with van der Waals surface area (Å²) in [5, 5.41) is 7.74. The third-order valence-corrected chi connectivity index (χ3v) is 3.60. The Bertz CT molecular complexity index is 327. The van der Waals surface area contributed by atoms with Gasteiger partial charge in [-0.2, -0.15) is 0 Å².